The Morgan fingerprint density at radius 1 is 1.24 bits per heavy atom. The lowest BCUT2D eigenvalue weighted by molar-refractivity contribution is -0.135. The zero-order chi connectivity index (χ0) is 18.0. The summed E-state index contributed by atoms with van der Waals surface area (Å²) in [6.45, 7) is 0.885. The maximum Gasteiger partial charge on any atom is 0.345 e. The molecule has 2 amide bonds. The van der Waals surface area contributed by atoms with E-state index in [1.165, 1.54) is 9.25 Å². The highest BCUT2D eigenvalue weighted by molar-refractivity contribution is 5.93. The van der Waals surface area contributed by atoms with Gasteiger partial charge in [-0.3, -0.25) is 14.2 Å². The molecule has 1 aromatic heterocycles. The van der Waals surface area contributed by atoms with E-state index in [-0.39, 0.29) is 24.0 Å². The van der Waals surface area contributed by atoms with Crippen LogP contribution >= 0.6 is 0 Å². The molecule has 0 bridgehead atoms. The van der Waals surface area contributed by atoms with Crippen LogP contribution in [-0.4, -0.2) is 43.6 Å². The third kappa shape index (κ3) is 3.83. The van der Waals surface area contributed by atoms with Gasteiger partial charge >= 0.3 is 5.69 Å². The van der Waals surface area contributed by atoms with Crippen LogP contribution in [0.5, 0.6) is 0 Å². The lowest BCUT2D eigenvalue weighted by Crippen LogP contribution is -2.47. The first kappa shape index (κ1) is 17.4. The number of allylic oxidation sites excluding steroid dienone is 1. The summed E-state index contributed by atoms with van der Waals surface area (Å²) in [6, 6.07) is -0.507. The van der Waals surface area contributed by atoms with Crippen LogP contribution in [0.2, 0.25) is 0 Å². The van der Waals surface area contributed by atoms with Gasteiger partial charge in [0.2, 0.25) is 11.8 Å². The maximum absolute atomic E-state index is 12.8. The average Bonchev–Trinajstić information content (AvgIpc) is 2.69. The molecule has 8 nitrogen and oxygen atoms in total. The summed E-state index contributed by atoms with van der Waals surface area (Å²) in [6.07, 6.45) is 7.13. The molecule has 2 heterocycles. The molecule has 136 valence electrons. The molecule has 1 aliphatic heterocycles. The second kappa shape index (κ2) is 7.25. The van der Waals surface area contributed by atoms with E-state index in [9.17, 15) is 14.4 Å². The van der Waals surface area contributed by atoms with Crippen molar-refractivity contribution in [1.29, 1.82) is 0 Å². The van der Waals surface area contributed by atoms with Gasteiger partial charge in [0.15, 0.2) is 5.82 Å². The molecule has 0 spiro atoms. The maximum atomic E-state index is 12.8. The van der Waals surface area contributed by atoms with Crippen LogP contribution in [-0.2, 0) is 30.2 Å². The van der Waals surface area contributed by atoms with Crippen LogP contribution in [0.3, 0.4) is 0 Å². The molecule has 0 radical (unpaired) electrons. The lowest BCUT2D eigenvalue weighted by Gasteiger charge is -2.24. The Bertz CT molecular complexity index is 755. The van der Waals surface area contributed by atoms with Crippen molar-refractivity contribution in [1.82, 2.24) is 24.6 Å². The average molecular weight is 347 g/mol. The molecule has 8 heteroatoms. The van der Waals surface area contributed by atoms with Crippen molar-refractivity contribution >= 4 is 11.8 Å². The number of amides is 2. The highest BCUT2D eigenvalue weighted by Crippen LogP contribution is 2.24. The van der Waals surface area contributed by atoms with Crippen LogP contribution in [0.4, 0.5) is 0 Å². The van der Waals surface area contributed by atoms with Gasteiger partial charge < -0.3 is 10.2 Å². The predicted octanol–water partition coefficient (Wildman–Crippen LogP) is 0.226. The van der Waals surface area contributed by atoms with Crippen molar-refractivity contribution in [3.05, 3.63) is 28.0 Å². The number of rotatable bonds is 4. The van der Waals surface area contributed by atoms with Crippen LogP contribution < -0.4 is 11.0 Å². The number of hydrogen-bond acceptors (Lipinski definition) is 4. The van der Waals surface area contributed by atoms with E-state index in [0.29, 0.717) is 18.8 Å². The van der Waals surface area contributed by atoms with Crippen LogP contribution in [0.25, 0.3) is 0 Å². The SMILES string of the molecule is Cn1nc(CN2CCCCC(NC(=O)C=C3CCC3)C2=O)n(C)c1=O. The molecule has 1 aliphatic carbocycles. The minimum absolute atomic E-state index is 0.101. The van der Waals surface area contributed by atoms with Gasteiger partial charge in [0.25, 0.3) is 0 Å². The molecule has 1 N–H and O–H groups in total. The molecule has 3 rings (SSSR count). The van der Waals surface area contributed by atoms with Gasteiger partial charge in [-0.05, 0) is 38.5 Å². The standard InChI is InChI=1S/C17H25N5O3/c1-20-14(19-21(2)17(20)25)11-22-9-4-3-8-13(16(22)24)18-15(23)10-12-6-5-7-12/h10,13H,3-9,11H2,1-2H3,(H,18,23). The van der Waals surface area contributed by atoms with E-state index in [1.54, 1.807) is 25.1 Å². The van der Waals surface area contributed by atoms with Gasteiger partial charge in [-0.1, -0.05) is 5.57 Å². The smallest absolute Gasteiger partial charge is 0.341 e. The summed E-state index contributed by atoms with van der Waals surface area (Å²) >= 11 is 0. The number of carbonyl (C=O) groups is 2. The van der Waals surface area contributed by atoms with Crippen molar-refractivity contribution in [3.8, 4) is 0 Å². The van der Waals surface area contributed by atoms with Gasteiger partial charge in [-0.15, -0.1) is 0 Å². The third-order valence-corrected chi connectivity index (χ3v) is 4.98. The molecule has 2 aliphatic rings. The molecule has 1 aromatic rings. The van der Waals surface area contributed by atoms with Gasteiger partial charge in [-0.25, -0.2) is 9.48 Å². The van der Waals surface area contributed by atoms with Gasteiger partial charge in [0.1, 0.15) is 6.04 Å². The van der Waals surface area contributed by atoms with Crippen molar-refractivity contribution in [2.24, 2.45) is 14.1 Å². The first-order valence-corrected chi connectivity index (χ1v) is 8.83. The van der Waals surface area contributed by atoms with E-state index < -0.39 is 6.04 Å². The molecule has 25 heavy (non-hydrogen) atoms. The van der Waals surface area contributed by atoms with E-state index in [2.05, 4.69) is 10.4 Å². The second-order valence-corrected chi connectivity index (χ2v) is 6.85. The van der Waals surface area contributed by atoms with Crippen LogP contribution in [0.1, 0.15) is 44.3 Å². The molecular weight excluding hydrogens is 322 g/mol. The Morgan fingerprint density at radius 3 is 2.60 bits per heavy atom. The third-order valence-electron chi connectivity index (χ3n) is 4.98. The fourth-order valence-electron chi connectivity index (χ4n) is 3.24. The van der Waals surface area contributed by atoms with Crippen molar-refractivity contribution < 1.29 is 9.59 Å². The van der Waals surface area contributed by atoms with Crippen LogP contribution in [0.15, 0.2) is 16.4 Å². The molecule has 1 saturated heterocycles. The van der Waals surface area contributed by atoms with E-state index >= 15 is 0 Å². The fraction of sp³-hybridized carbons (Fsp3) is 0.647. The van der Waals surface area contributed by atoms with Crippen molar-refractivity contribution in [2.45, 2.75) is 51.1 Å². The number of likely N-dealkylation sites (tertiary alicyclic amines) is 1. The van der Waals surface area contributed by atoms with Gasteiger partial charge in [0, 0.05) is 26.7 Å². The van der Waals surface area contributed by atoms with Crippen LogP contribution in [0, 0.1) is 0 Å². The first-order valence-electron chi connectivity index (χ1n) is 8.83. The quantitative estimate of drug-likeness (QED) is 0.790. The molecule has 0 aromatic carbocycles. The van der Waals surface area contributed by atoms with Gasteiger partial charge in [0.05, 0.1) is 6.54 Å². The highest BCUT2D eigenvalue weighted by atomic mass is 16.2. The van der Waals surface area contributed by atoms with Crippen molar-refractivity contribution in [2.75, 3.05) is 6.54 Å². The lowest BCUT2D eigenvalue weighted by atomic mass is 9.92. The topological polar surface area (TPSA) is 89.2 Å². The Morgan fingerprint density at radius 2 is 2.00 bits per heavy atom. The number of nitrogens with one attached hydrogen (secondary N) is 1. The minimum atomic E-state index is -0.507. The number of aromatic nitrogens is 3. The fourth-order valence-corrected chi connectivity index (χ4v) is 3.24. The second-order valence-electron chi connectivity index (χ2n) is 6.85. The predicted molar refractivity (Wildman–Crippen MR) is 91.6 cm³/mol. The Kier molecular flexibility index (Phi) is 5.06. The zero-order valence-corrected chi connectivity index (χ0v) is 14.8. The molecule has 1 unspecified atom stereocenters. The van der Waals surface area contributed by atoms with Crippen molar-refractivity contribution in [3.63, 3.8) is 0 Å². The monoisotopic (exact) mass is 347 g/mol. The highest BCUT2D eigenvalue weighted by Gasteiger charge is 2.29. The molecular formula is C17H25N5O3. The molecule has 1 atom stereocenters. The normalized spacial score (nSPS) is 20.9. The first-order chi connectivity index (χ1) is 12.0. The minimum Gasteiger partial charge on any atom is -0.341 e. The largest absolute Gasteiger partial charge is 0.345 e. The summed E-state index contributed by atoms with van der Waals surface area (Å²) in [5.74, 6) is 0.264. The summed E-state index contributed by atoms with van der Waals surface area (Å²) < 4.78 is 2.72. The Balaban J connectivity index is 1.69. The molecule has 2 fully saturated rings. The number of carbonyl (C=O) groups excluding carboxylic acids is 2. The Hall–Kier alpha value is -2.38. The summed E-state index contributed by atoms with van der Waals surface area (Å²) in [5, 5.41) is 7.04. The van der Waals surface area contributed by atoms with E-state index in [0.717, 1.165) is 37.7 Å². The summed E-state index contributed by atoms with van der Waals surface area (Å²) in [4.78, 5) is 38.5. The van der Waals surface area contributed by atoms with Gasteiger partial charge in [-0.2, -0.15) is 5.10 Å². The number of aryl methyl sites for hydroxylation is 1. The van der Waals surface area contributed by atoms with E-state index in [1.807, 2.05) is 0 Å². The number of hydrogen-bond donors (Lipinski definition) is 1. The summed E-state index contributed by atoms with van der Waals surface area (Å²) in [7, 11) is 3.24. The summed E-state index contributed by atoms with van der Waals surface area (Å²) in [5.41, 5.74) is 0.938. The van der Waals surface area contributed by atoms with E-state index in [4.69, 9.17) is 0 Å². The molecule has 1 saturated carbocycles. The zero-order valence-electron chi connectivity index (χ0n) is 14.8. The Labute approximate surface area is 146 Å². The number of nitrogens with zero attached hydrogens (tertiary/aromatic N) is 4.